The van der Waals surface area contributed by atoms with Crippen LogP contribution in [0.4, 0.5) is 13.2 Å². The Hall–Kier alpha value is -1.48. The Morgan fingerprint density at radius 3 is 2.33 bits per heavy atom. The average molecular weight is 285 g/mol. The molecule has 0 amide bonds. The number of alkyl halides is 3. The van der Waals surface area contributed by atoms with Gasteiger partial charge in [0.2, 0.25) is 10.0 Å². The molecule has 0 aliphatic heterocycles. The molecule has 2 N–H and O–H groups in total. The van der Waals surface area contributed by atoms with Gasteiger partial charge in [-0.2, -0.15) is 0 Å². The maximum absolute atomic E-state index is 12.1. The molecule has 0 spiro atoms. The van der Waals surface area contributed by atoms with Gasteiger partial charge in [-0.1, -0.05) is 0 Å². The lowest BCUT2D eigenvalue weighted by Gasteiger charge is -2.14. The zero-order chi connectivity index (χ0) is 14.0. The number of benzene rings is 1. The van der Waals surface area contributed by atoms with Crippen LogP contribution < -0.4 is 14.6 Å². The quantitative estimate of drug-likeness (QED) is 0.912. The van der Waals surface area contributed by atoms with Gasteiger partial charge in [0.25, 0.3) is 0 Å². The van der Waals surface area contributed by atoms with Crippen LogP contribution in [0.5, 0.6) is 11.5 Å². The van der Waals surface area contributed by atoms with Crippen molar-refractivity contribution in [1.82, 2.24) is 0 Å². The van der Waals surface area contributed by atoms with E-state index in [0.717, 1.165) is 12.1 Å². The second-order valence-electron chi connectivity index (χ2n) is 3.13. The van der Waals surface area contributed by atoms with Crippen LogP contribution in [0.25, 0.3) is 0 Å². The van der Waals surface area contributed by atoms with Gasteiger partial charge in [0, 0.05) is 6.07 Å². The standard InChI is InChI=1S/C9H10F3NO4S/c1-2-16-7-4-3-6(18(13,14)15)5-8(7)17-9(10,11)12/h3-5H,2H2,1H3,(H2,13,14,15). The van der Waals surface area contributed by atoms with E-state index in [1.54, 1.807) is 6.92 Å². The molecule has 1 rings (SSSR count). The molecule has 0 saturated heterocycles. The van der Waals surface area contributed by atoms with E-state index < -0.39 is 27.0 Å². The third kappa shape index (κ3) is 4.08. The van der Waals surface area contributed by atoms with E-state index in [4.69, 9.17) is 9.88 Å². The van der Waals surface area contributed by atoms with Crippen LogP contribution >= 0.6 is 0 Å². The molecule has 5 nitrogen and oxygen atoms in total. The van der Waals surface area contributed by atoms with E-state index in [9.17, 15) is 21.6 Å². The second-order valence-corrected chi connectivity index (χ2v) is 4.70. The lowest BCUT2D eigenvalue weighted by molar-refractivity contribution is -0.275. The predicted molar refractivity (Wildman–Crippen MR) is 55.7 cm³/mol. The van der Waals surface area contributed by atoms with Gasteiger partial charge in [-0.25, -0.2) is 13.6 Å². The van der Waals surface area contributed by atoms with Gasteiger partial charge < -0.3 is 9.47 Å². The summed E-state index contributed by atoms with van der Waals surface area (Å²) in [5.74, 6) is -0.974. The van der Waals surface area contributed by atoms with Gasteiger partial charge in [-0.15, -0.1) is 13.2 Å². The topological polar surface area (TPSA) is 78.6 Å². The first-order valence-corrected chi connectivity index (χ1v) is 6.23. The molecule has 0 unspecified atom stereocenters. The Balaban J connectivity index is 3.24. The minimum Gasteiger partial charge on any atom is -0.490 e. The van der Waals surface area contributed by atoms with Gasteiger partial charge in [0.15, 0.2) is 11.5 Å². The molecule has 0 aromatic heterocycles. The third-order valence-electron chi connectivity index (χ3n) is 1.77. The van der Waals surface area contributed by atoms with Crippen LogP contribution in [-0.2, 0) is 10.0 Å². The number of sulfonamides is 1. The predicted octanol–water partition coefficient (Wildman–Crippen LogP) is 1.63. The first-order valence-electron chi connectivity index (χ1n) is 4.69. The van der Waals surface area contributed by atoms with Crippen molar-refractivity contribution in [3.8, 4) is 11.5 Å². The average Bonchev–Trinajstić information content (AvgIpc) is 2.17. The summed E-state index contributed by atoms with van der Waals surface area (Å²) in [5, 5.41) is 4.81. The molecule has 1 aromatic carbocycles. The van der Waals surface area contributed by atoms with Gasteiger partial charge in [-0.05, 0) is 19.1 Å². The lowest BCUT2D eigenvalue weighted by atomic mass is 10.3. The lowest BCUT2D eigenvalue weighted by Crippen LogP contribution is -2.19. The minimum atomic E-state index is -4.96. The Kier molecular flexibility index (Phi) is 4.07. The van der Waals surface area contributed by atoms with Crippen molar-refractivity contribution in [2.45, 2.75) is 18.2 Å². The van der Waals surface area contributed by atoms with Gasteiger partial charge in [0.05, 0.1) is 11.5 Å². The van der Waals surface area contributed by atoms with Crippen molar-refractivity contribution in [3.05, 3.63) is 18.2 Å². The van der Waals surface area contributed by atoms with Crippen molar-refractivity contribution in [2.24, 2.45) is 5.14 Å². The van der Waals surface area contributed by atoms with Crippen molar-refractivity contribution < 1.29 is 31.1 Å². The maximum Gasteiger partial charge on any atom is 0.573 e. The van der Waals surface area contributed by atoms with Crippen molar-refractivity contribution in [2.75, 3.05) is 6.61 Å². The number of primary sulfonamides is 1. The highest BCUT2D eigenvalue weighted by Gasteiger charge is 2.33. The van der Waals surface area contributed by atoms with Crippen molar-refractivity contribution in [3.63, 3.8) is 0 Å². The van der Waals surface area contributed by atoms with E-state index in [2.05, 4.69) is 4.74 Å². The second kappa shape index (κ2) is 5.02. The van der Waals surface area contributed by atoms with Crippen molar-refractivity contribution in [1.29, 1.82) is 0 Å². The summed E-state index contributed by atoms with van der Waals surface area (Å²) < 4.78 is 67.0. The third-order valence-corrected chi connectivity index (χ3v) is 2.68. The Morgan fingerprint density at radius 1 is 1.28 bits per heavy atom. The highest BCUT2D eigenvalue weighted by atomic mass is 32.2. The molecule has 0 fully saturated rings. The molecule has 0 bridgehead atoms. The zero-order valence-electron chi connectivity index (χ0n) is 9.19. The number of rotatable bonds is 4. The number of halogens is 3. The summed E-state index contributed by atoms with van der Waals surface area (Å²) in [6.07, 6.45) is -4.96. The summed E-state index contributed by atoms with van der Waals surface area (Å²) in [6.45, 7) is 1.66. The van der Waals surface area contributed by atoms with E-state index in [-0.39, 0.29) is 12.4 Å². The smallest absolute Gasteiger partial charge is 0.490 e. The van der Waals surface area contributed by atoms with Crippen LogP contribution in [0.2, 0.25) is 0 Å². The zero-order valence-corrected chi connectivity index (χ0v) is 10.0. The van der Waals surface area contributed by atoms with Gasteiger partial charge in [-0.3, -0.25) is 0 Å². The van der Waals surface area contributed by atoms with Crippen molar-refractivity contribution >= 4 is 10.0 Å². The molecular formula is C9H10F3NO4S. The maximum atomic E-state index is 12.1. The Labute approximate surface area is 101 Å². The Bertz CT molecular complexity index is 527. The van der Waals surface area contributed by atoms with Crippen LogP contribution in [-0.4, -0.2) is 21.4 Å². The summed E-state index contributed by atoms with van der Waals surface area (Å²) in [5.41, 5.74) is 0. The summed E-state index contributed by atoms with van der Waals surface area (Å²) >= 11 is 0. The van der Waals surface area contributed by atoms with E-state index in [0.29, 0.717) is 6.07 Å². The molecule has 0 aliphatic carbocycles. The SMILES string of the molecule is CCOc1ccc(S(N)(=O)=O)cc1OC(F)(F)F. The Morgan fingerprint density at radius 2 is 1.89 bits per heavy atom. The molecule has 0 aliphatic rings. The molecule has 0 heterocycles. The van der Waals surface area contributed by atoms with Crippen LogP contribution in [0.1, 0.15) is 6.92 Å². The molecule has 0 saturated carbocycles. The first-order chi connectivity index (χ1) is 8.13. The van der Waals surface area contributed by atoms with E-state index in [1.165, 1.54) is 0 Å². The molecular weight excluding hydrogens is 275 g/mol. The fraction of sp³-hybridized carbons (Fsp3) is 0.333. The molecule has 18 heavy (non-hydrogen) atoms. The molecule has 1 aromatic rings. The fourth-order valence-corrected chi connectivity index (χ4v) is 1.67. The van der Waals surface area contributed by atoms with Gasteiger partial charge >= 0.3 is 6.36 Å². The number of nitrogens with two attached hydrogens (primary N) is 1. The number of hydrogen-bond donors (Lipinski definition) is 1. The number of ether oxygens (including phenoxy) is 2. The largest absolute Gasteiger partial charge is 0.573 e. The molecule has 0 radical (unpaired) electrons. The van der Waals surface area contributed by atoms with E-state index in [1.807, 2.05) is 0 Å². The summed E-state index contributed by atoms with van der Waals surface area (Å²) in [4.78, 5) is -0.495. The minimum absolute atomic E-state index is 0.100. The van der Waals surface area contributed by atoms with Gasteiger partial charge in [0.1, 0.15) is 0 Å². The summed E-state index contributed by atoms with van der Waals surface area (Å²) in [7, 11) is -4.12. The first kappa shape index (κ1) is 14.6. The van der Waals surface area contributed by atoms with Crippen LogP contribution in [0.15, 0.2) is 23.1 Å². The monoisotopic (exact) mass is 285 g/mol. The fourth-order valence-electron chi connectivity index (χ4n) is 1.14. The molecule has 0 atom stereocenters. The normalized spacial score (nSPS) is 12.3. The van der Waals surface area contributed by atoms with E-state index >= 15 is 0 Å². The molecule has 102 valence electrons. The number of hydrogen-bond acceptors (Lipinski definition) is 4. The molecule has 9 heteroatoms. The van der Waals surface area contributed by atoms with Crippen LogP contribution in [0, 0.1) is 0 Å². The van der Waals surface area contributed by atoms with Crippen LogP contribution in [0.3, 0.4) is 0 Å². The highest BCUT2D eigenvalue weighted by molar-refractivity contribution is 7.89. The summed E-state index contributed by atoms with van der Waals surface area (Å²) in [6, 6.07) is 2.74. The highest BCUT2D eigenvalue weighted by Crippen LogP contribution is 2.34.